The summed E-state index contributed by atoms with van der Waals surface area (Å²) in [5, 5.41) is 0. The maximum atomic E-state index is 11.2. The molecule has 3 nitrogen and oxygen atoms in total. The molecular formula is C15H21NO2. The molecule has 0 aromatic heterocycles. The topological polar surface area (TPSA) is 29.5 Å². The van der Waals surface area contributed by atoms with Gasteiger partial charge in [-0.25, -0.2) is 0 Å². The smallest absolute Gasteiger partial charge is 0.134 e. The molecule has 1 heterocycles. The number of carbonyl (C=O) groups is 1. The molecule has 1 aromatic carbocycles. The average molecular weight is 247 g/mol. The van der Waals surface area contributed by atoms with Crippen LogP contribution in [0.3, 0.4) is 0 Å². The van der Waals surface area contributed by atoms with Gasteiger partial charge in [0.2, 0.25) is 0 Å². The van der Waals surface area contributed by atoms with E-state index in [0.29, 0.717) is 6.42 Å². The lowest BCUT2D eigenvalue weighted by molar-refractivity contribution is -0.116. The van der Waals surface area contributed by atoms with E-state index in [1.54, 1.807) is 14.0 Å². The number of nitrogens with zero attached hydrogens (tertiary/aromatic N) is 1. The molecule has 2 rings (SSSR count). The van der Waals surface area contributed by atoms with Crippen molar-refractivity contribution in [1.29, 1.82) is 0 Å². The molecule has 0 spiro atoms. The first kappa shape index (κ1) is 13.1. The molecule has 18 heavy (non-hydrogen) atoms. The number of benzene rings is 1. The van der Waals surface area contributed by atoms with Gasteiger partial charge in [-0.3, -0.25) is 9.69 Å². The molecule has 0 unspecified atom stereocenters. The maximum Gasteiger partial charge on any atom is 0.134 e. The average Bonchev–Trinajstić information content (AvgIpc) is 2.81. The zero-order chi connectivity index (χ0) is 13.0. The van der Waals surface area contributed by atoms with E-state index in [0.717, 1.165) is 17.9 Å². The van der Waals surface area contributed by atoms with Crippen molar-refractivity contribution in [2.75, 3.05) is 20.2 Å². The highest BCUT2D eigenvalue weighted by Gasteiger charge is 2.14. The van der Waals surface area contributed by atoms with E-state index in [1.165, 1.54) is 31.5 Å². The highest BCUT2D eigenvalue weighted by Crippen LogP contribution is 2.23. The fourth-order valence-corrected chi connectivity index (χ4v) is 2.53. The van der Waals surface area contributed by atoms with Crippen molar-refractivity contribution in [3.8, 4) is 5.75 Å². The van der Waals surface area contributed by atoms with Gasteiger partial charge < -0.3 is 4.74 Å². The number of methoxy groups -OCH3 is 1. The number of ether oxygens (including phenoxy) is 1. The minimum Gasteiger partial charge on any atom is -0.496 e. The van der Waals surface area contributed by atoms with E-state index in [2.05, 4.69) is 11.0 Å². The van der Waals surface area contributed by atoms with E-state index in [4.69, 9.17) is 4.74 Å². The van der Waals surface area contributed by atoms with Crippen LogP contribution in [0.25, 0.3) is 0 Å². The zero-order valence-corrected chi connectivity index (χ0v) is 11.2. The Bertz CT molecular complexity index is 423. The van der Waals surface area contributed by atoms with Crippen LogP contribution in [0.5, 0.6) is 5.75 Å². The van der Waals surface area contributed by atoms with Gasteiger partial charge in [-0.05, 0) is 44.5 Å². The summed E-state index contributed by atoms with van der Waals surface area (Å²) < 4.78 is 5.40. The Morgan fingerprint density at radius 2 is 2.06 bits per heavy atom. The predicted molar refractivity (Wildman–Crippen MR) is 71.9 cm³/mol. The summed E-state index contributed by atoms with van der Waals surface area (Å²) in [4.78, 5) is 13.6. The number of carbonyl (C=O) groups excluding carboxylic acids is 1. The number of hydrogen-bond acceptors (Lipinski definition) is 3. The van der Waals surface area contributed by atoms with Crippen LogP contribution in [0.2, 0.25) is 0 Å². The molecule has 0 atom stereocenters. The first-order chi connectivity index (χ1) is 8.69. The highest BCUT2D eigenvalue weighted by atomic mass is 16.5. The van der Waals surface area contributed by atoms with E-state index >= 15 is 0 Å². The van der Waals surface area contributed by atoms with Gasteiger partial charge in [-0.15, -0.1) is 0 Å². The number of likely N-dealkylation sites (tertiary alicyclic amines) is 1. The van der Waals surface area contributed by atoms with Gasteiger partial charge in [0.1, 0.15) is 11.5 Å². The summed E-state index contributed by atoms with van der Waals surface area (Å²) >= 11 is 0. The molecule has 1 saturated heterocycles. The Morgan fingerprint density at radius 1 is 1.33 bits per heavy atom. The molecule has 1 aromatic rings. The molecule has 0 amide bonds. The van der Waals surface area contributed by atoms with Gasteiger partial charge in [0.05, 0.1) is 7.11 Å². The minimum atomic E-state index is 0.201. The first-order valence-corrected chi connectivity index (χ1v) is 6.56. The Kier molecular flexibility index (Phi) is 4.37. The second kappa shape index (κ2) is 6.01. The van der Waals surface area contributed by atoms with E-state index in [1.807, 2.05) is 12.1 Å². The third kappa shape index (κ3) is 3.33. The SMILES string of the molecule is COc1ccc(CC(C)=O)cc1CN1CCCC1. The van der Waals surface area contributed by atoms with E-state index in [-0.39, 0.29) is 5.78 Å². The number of Topliss-reactive ketones (excluding diaryl/α,β-unsaturated/α-hetero) is 1. The summed E-state index contributed by atoms with van der Waals surface area (Å²) in [5.74, 6) is 1.13. The Hall–Kier alpha value is -1.35. The molecule has 1 fully saturated rings. The van der Waals surface area contributed by atoms with E-state index < -0.39 is 0 Å². The van der Waals surface area contributed by atoms with Crippen molar-refractivity contribution in [2.24, 2.45) is 0 Å². The number of rotatable bonds is 5. The Balaban J connectivity index is 2.15. The molecule has 98 valence electrons. The van der Waals surface area contributed by atoms with Gasteiger partial charge >= 0.3 is 0 Å². The van der Waals surface area contributed by atoms with Crippen molar-refractivity contribution in [3.05, 3.63) is 29.3 Å². The Morgan fingerprint density at radius 3 is 2.67 bits per heavy atom. The van der Waals surface area contributed by atoms with Crippen LogP contribution in [0.4, 0.5) is 0 Å². The Labute approximate surface area is 109 Å². The van der Waals surface area contributed by atoms with Gasteiger partial charge in [0.25, 0.3) is 0 Å². The standard InChI is InChI=1S/C15H21NO2/c1-12(17)9-13-5-6-15(18-2)14(10-13)11-16-7-3-4-8-16/h5-6,10H,3-4,7-9,11H2,1-2H3. The lowest BCUT2D eigenvalue weighted by atomic mass is 10.0. The van der Waals surface area contributed by atoms with Crippen molar-refractivity contribution in [3.63, 3.8) is 0 Å². The van der Waals surface area contributed by atoms with Crippen LogP contribution >= 0.6 is 0 Å². The lowest BCUT2D eigenvalue weighted by Crippen LogP contribution is -2.19. The monoisotopic (exact) mass is 247 g/mol. The first-order valence-electron chi connectivity index (χ1n) is 6.56. The molecule has 0 bridgehead atoms. The quantitative estimate of drug-likeness (QED) is 0.800. The highest BCUT2D eigenvalue weighted by molar-refractivity contribution is 5.78. The second-order valence-corrected chi connectivity index (χ2v) is 5.01. The maximum absolute atomic E-state index is 11.2. The third-order valence-corrected chi connectivity index (χ3v) is 3.39. The summed E-state index contributed by atoms with van der Waals surface area (Å²) in [5.41, 5.74) is 2.27. The summed E-state index contributed by atoms with van der Waals surface area (Å²) in [6.45, 7) is 4.89. The van der Waals surface area contributed by atoms with Crippen LogP contribution in [0.15, 0.2) is 18.2 Å². The van der Waals surface area contributed by atoms with Crippen molar-refractivity contribution in [2.45, 2.75) is 32.7 Å². The van der Waals surface area contributed by atoms with Crippen LogP contribution in [0.1, 0.15) is 30.9 Å². The van der Waals surface area contributed by atoms with Gasteiger partial charge in [0, 0.05) is 18.5 Å². The number of ketones is 1. The molecule has 0 N–H and O–H groups in total. The van der Waals surface area contributed by atoms with Crippen molar-refractivity contribution in [1.82, 2.24) is 4.90 Å². The zero-order valence-electron chi connectivity index (χ0n) is 11.2. The van der Waals surface area contributed by atoms with Crippen LogP contribution in [-0.2, 0) is 17.8 Å². The fraction of sp³-hybridized carbons (Fsp3) is 0.533. The summed E-state index contributed by atoms with van der Waals surface area (Å²) in [7, 11) is 1.70. The van der Waals surface area contributed by atoms with Crippen molar-refractivity contribution >= 4 is 5.78 Å². The molecule has 3 heteroatoms. The van der Waals surface area contributed by atoms with Crippen LogP contribution in [0, 0.1) is 0 Å². The van der Waals surface area contributed by atoms with Crippen molar-refractivity contribution < 1.29 is 9.53 Å². The predicted octanol–water partition coefficient (Wildman–Crippen LogP) is 2.42. The minimum absolute atomic E-state index is 0.201. The molecule has 0 saturated carbocycles. The van der Waals surface area contributed by atoms with Gasteiger partial charge in [-0.2, -0.15) is 0 Å². The summed E-state index contributed by atoms with van der Waals surface area (Å²) in [6, 6.07) is 6.07. The molecular weight excluding hydrogens is 226 g/mol. The second-order valence-electron chi connectivity index (χ2n) is 5.01. The largest absolute Gasteiger partial charge is 0.496 e. The van der Waals surface area contributed by atoms with E-state index in [9.17, 15) is 4.79 Å². The molecule has 0 aliphatic carbocycles. The van der Waals surface area contributed by atoms with Gasteiger partial charge in [-0.1, -0.05) is 12.1 Å². The normalized spacial score (nSPS) is 15.9. The van der Waals surface area contributed by atoms with Gasteiger partial charge in [0.15, 0.2) is 0 Å². The number of hydrogen-bond donors (Lipinski definition) is 0. The molecule has 1 aliphatic heterocycles. The molecule has 1 aliphatic rings. The fourth-order valence-electron chi connectivity index (χ4n) is 2.53. The summed E-state index contributed by atoms with van der Waals surface area (Å²) in [6.07, 6.45) is 3.09. The van der Waals surface area contributed by atoms with Crippen LogP contribution in [-0.4, -0.2) is 30.9 Å². The third-order valence-electron chi connectivity index (χ3n) is 3.39. The van der Waals surface area contributed by atoms with Crippen LogP contribution < -0.4 is 4.74 Å². The molecule has 0 radical (unpaired) electrons. The lowest BCUT2D eigenvalue weighted by Gasteiger charge is -2.17.